The quantitative estimate of drug-likeness (QED) is 0.740. The average molecular weight is 339 g/mol. The van der Waals surface area contributed by atoms with Crippen molar-refractivity contribution in [1.29, 1.82) is 0 Å². The fourth-order valence-electron chi connectivity index (χ4n) is 2.90. The van der Waals surface area contributed by atoms with Crippen LogP contribution in [0.1, 0.15) is 48.5 Å². The van der Waals surface area contributed by atoms with Crippen LogP contribution in [0.2, 0.25) is 0 Å². The molecule has 1 unspecified atom stereocenters. The maximum atomic E-state index is 4.78. The lowest BCUT2D eigenvalue weighted by atomic mass is 10.2. The monoisotopic (exact) mass is 339 g/mol. The van der Waals surface area contributed by atoms with E-state index in [0.29, 0.717) is 6.04 Å². The fourth-order valence-corrected chi connectivity index (χ4v) is 3.76. The molecule has 0 radical (unpaired) electrons. The van der Waals surface area contributed by atoms with Crippen molar-refractivity contribution in [3.63, 3.8) is 0 Å². The SMILES string of the molecule is Cc1nnc(CNC(C)c2nc(-c3ccccc3)cs2)n1C1CC1. The molecule has 0 bridgehead atoms. The van der Waals surface area contributed by atoms with E-state index in [0.717, 1.165) is 34.5 Å². The van der Waals surface area contributed by atoms with Crippen molar-refractivity contribution < 1.29 is 0 Å². The zero-order chi connectivity index (χ0) is 16.5. The number of hydrogen-bond donors (Lipinski definition) is 1. The van der Waals surface area contributed by atoms with Gasteiger partial charge in [-0.25, -0.2) is 4.98 Å². The van der Waals surface area contributed by atoms with Crippen molar-refractivity contribution >= 4 is 11.3 Å². The number of aromatic nitrogens is 4. The molecule has 0 spiro atoms. The van der Waals surface area contributed by atoms with Crippen LogP contribution in [0.5, 0.6) is 0 Å². The number of nitrogens with zero attached hydrogens (tertiary/aromatic N) is 4. The first-order chi connectivity index (χ1) is 11.7. The first kappa shape index (κ1) is 15.5. The van der Waals surface area contributed by atoms with Crippen LogP contribution in [0.4, 0.5) is 0 Å². The maximum Gasteiger partial charge on any atom is 0.147 e. The van der Waals surface area contributed by atoms with Crippen molar-refractivity contribution in [2.24, 2.45) is 0 Å². The third-order valence-electron chi connectivity index (χ3n) is 4.38. The number of benzene rings is 1. The van der Waals surface area contributed by atoms with Crippen LogP contribution in [-0.4, -0.2) is 19.7 Å². The Morgan fingerprint density at radius 3 is 2.79 bits per heavy atom. The van der Waals surface area contributed by atoms with E-state index < -0.39 is 0 Å². The lowest BCUT2D eigenvalue weighted by molar-refractivity contribution is 0.533. The van der Waals surface area contributed by atoms with Gasteiger partial charge in [0, 0.05) is 17.0 Å². The molecule has 124 valence electrons. The van der Waals surface area contributed by atoms with Gasteiger partial charge in [0.2, 0.25) is 0 Å². The molecular formula is C18H21N5S. The molecule has 1 aliphatic carbocycles. The Morgan fingerprint density at radius 1 is 1.25 bits per heavy atom. The summed E-state index contributed by atoms with van der Waals surface area (Å²) in [5.74, 6) is 2.05. The van der Waals surface area contributed by atoms with E-state index in [4.69, 9.17) is 4.98 Å². The summed E-state index contributed by atoms with van der Waals surface area (Å²) in [6, 6.07) is 11.1. The number of thiazole rings is 1. The molecule has 0 saturated heterocycles. The van der Waals surface area contributed by atoms with E-state index in [2.05, 4.69) is 44.5 Å². The second kappa shape index (κ2) is 6.45. The molecule has 1 aliphatic rings. The lowest BCUT2D eigenvalue weighted by Gasteiger charge is -2.12. The zero-order valence-corrected chi connectivity index (χ0v) is 14.8. The predicted molar refractivity (Wildman–Crippen MR) is 95.8 cm³/mol. The summed E-state index contributed by atoms with van der Waals surface area (Å²) in [6.07, 6.45) is 2.49. The van der Waals surface area contributed by atoms with Crippen LogP contribution in [0.3, 0.4) is 0 Å². The molecule has 1 fully saturated rings. The number of aryl methyl sites for hydroxylation is 1. The summed E-state index contributed by atoms with van der Waals surface area (Å²) in [4.78, 5) is 4.78. The highest BCUT2D eigenvalue weighted by molar-refractivity contribution is 7.10. The first-order valence-electron chi connectivity index (χ1n) is 8.37. The molecule has 1 atom stereocenters. The van der Waals surface area contributed by atoms with Gasteiger partial charge in [0.15, 0.2) is 0 Å². The van der Waals surface area contributed by atoms with E-state index in [9.17, 15) is 0 Å². The summed E-state index contributed by atoms with van der Waals surface area (Å²) >= 11 is 1.70. The topological polar surface area (TPSA) is 55.6 Å². The highest BCUT2D eigenvalue weighted by atomic mass is 32.1. The van der Waals surface area contributed by atoms with Gasteiger partial charge in [0.25, 0.3) is 0 Å². The summed E-state index contributed by atoms with van der Waals surface area (Å²) in [7, 11) is 0. The van der Waals surface area contributed by atoms with Crippen LogP contribution in [0, 0.1) is 6.92 Å². The van der Waals surface area contributed by atoms with Gasteiger partial charge >= 0.3 is 0 Å². The van der Waals surface area contributed by atoms with Crippen molar-refractivity contribution in [2.45, 2.75) is 45.3 Å². The van der Waals surface area contributed by atoms with E-state index >= 15 is 0 Å². The van der Waals surface area contributed by atoms with E-state index in [1.54, 1.807) is 11.3 Å². The average Bonchev–Trinajstić information content (AvgIpc) is 3.19. The molecule has 1 saturated carbocycles. The number of rotatable bonds is 6. The minimum Gasteiger partial charge on any atom is -0.311 e. The Bertz CT molecular complexity index is 819. The van der Waals surface area contributed by atoms with Crippen molar-refractivity contribution in [3.05, 3.63) is 52.4 Å². The number of nitrogens with one attached hydrogen (secondary N) is 1. The van der Waals surface area contributed by atoms with E-state index in [1.807, 2.05) is 25.1 Å². The molecule has 2 heterocycles. The van der Waals surface area contributed by atoms with Crippen molar-refractivity contribution in [2.75, 3.05) is 0 Å². The van der Waals surface area contributed by atoms with Crippen LogP contribution in [0.15, 0.2) is 35.7 Å². The molecule has 24 heavy (non-hydrogen) atoms. The van der Waals surface area contributed by atoms with Gasteiger partial charge in [-0.05, 0) is 26.7 Å². The first-order valence-corrected chi connectivity index (χ1v) is 9.25. The Hall–Kier alpha value is -2.05. The fraction of sp³-hybridized carbons (Fsp3) is 0.389. The Kier molecular flexibility index (Phi) is 4.16. The minimum absolute atomic E-state index is 0.192. The second-order valence-corrected chi connectivity index (χ2v) is 7.19. The molecule has 0 amide bonds. The van der Waals surface area contributed by atoms with Crippen molar-refractivity contribution in [3.8, 4) is 11.3 Å². The third-order valence-corrected chi connectivity index (χ3v) is 5.40. The highest BCUT2D eigenvalue weighted by Gasteiger charge is 2.28. The van der Waals surface area contributed by atoms with Crippen molar-refractivity contribution in [1.82, 2.24) is 25.1 Å². The van der Waals surface area contributed by atoms with Gasteiger partial charge in [0.1, 0.15) is 16.7 Å². The van der Waals surface area contributed by atoms with Gasteiger partial charge in [-0.15, -0.1) is 21.5 Å². The zero-order valence-electron chi connectivity index (χ0n) is 13.9. The summed E-state index contributed by atoms with van der Waals surface area (Å²) < 4.78 is 2.27. The van der Waals surface area contributed by atoms with Gasteiger partial charge in [0.05, 0.1) is 18.3 Å². The van der Waals surface area contributed by atoms with Gasteiger partial charge in [-0.2, -0.15) is 0 Å². The minimum atomic E-state index is 0.192. The standard InChI is InChI=1S/C18H21N5S/c1-12(18-20-16(11-24-18)14-6-4-3-5-7-14)19-10-17-22-21-13(2)23(17)15-8-9-15/h3-7,11-12,15,19H,8-10H2,1-2H3. The molecule has 5 nitrogen and oxygen atoms in total. The smallest absolute Gasteiger partial charge is 0.147 e. The van der Waals surface area contributed by atoms with Gasteiger partial charge < -0.3 is 9.88 Å². The Balaban J connectivity index is 1.44. The maximum absolute atomic E-state index is 4.78. The summed E-state index contributed by atoms with van der Waals surface area (Å²) in [5, 5.41) is 15.3. The number of hydrogen-bond acceptors (Lipinski definition) is 5. The van der Waals surface area contributed by atoms with E-state index in [1.165, 1.54) is 12.8 Å². The van der Waals surface area contributed by atoms with Gasteiger partial charge in [-0.1, -0.05) is 30.3 Å². The van der Waals surface area contributed by atoms with Crippen LogP contribution < -0.4 is 5.32 Å². The third kappa shape index (κ3) is 3.12. The predicted octanol–water partition coefficient (Wildman–Crippen LogP) is 3.90. The Labute approximate surface area is 145 Å². The molecular weight excluding hydrogens is 318 g/mol. The second-order valence-electron chi connectivity index (χ2n) is 6.30. The lowest BCUT2D eigenvalue weighted by Crippen LogP contribution is -2.20. The molecule has 4 rings (SSSR count). The molecule has 2 aromatic heterocycles. The Morgan fingerprint density at radius 2 is 2.04 bits per heavy atom. The molecule has 1 N–H and O–H groups in total. The molecule has 6 heteroatoms. The van der Waals surface area contributed by atoms with Crippen LogP contribution in [-0.2, 0) is 6.54 Å². The molecule has 3 aromatic rings. The summed E-state index contributed by atoms with van der Waals surface area (Å²) in [5.41, 5.74) is 2.21. The summed E-state index contributed by atoms with van der Waals surface area (Å²) in [6.45, 7) is 4.91. The largest absolute Gasteiger partial charge is 0.311 e. The molecule has 0 aliphatic heterocycles. The highest BCUT2D eigenvalue weighted by Crippen LogP contribution is 2.36. The normalized spacial score (nSPS) is 15.6. The van der Waals surface area contributed by atoms with Gasteiger partial charge in [-0.3, -0.25) is 0 Å². The molecule has 1 aromatic carbocycles. The van der Waals surface area contributed by atoms with Crippen LogP contribution in [0.25, 0.3) is 11.3 Å². The van der Waals surface area contributed by atoms with E-state index in [-0.39, 0.29) is 6.04 Å². The van der Waals surface area contributed by atoms with Crippen LogP contribution >= 0.6 is 11.3 Å².